The van der Waals surface area contributed by atoms with Gasteiger partial charge in [-0.2, -0.15) is 0 Å². The lowest BCUT2D eigenvalue weighted by Crippen LogP contribution is -2.02. The lowest BCUT2D eigenvalue weighted by atomic mass is 10.1. The Hall–Kier alpha value is -1.33. The Bertz CT molecular complexity index is 546. The summed E-state index contributed by atoms with van der Waals surface area (Å²) in [5.41, 5.74) is 2.57. The van der Waals surface area contributed by atoms with Crippen LogP contribution in [0.15, 0.2) is 29.1 Å². The molecule has 0 aliphatic carbocycles. The molecule has 0 radical (unpaired) electrons. The summed E-state index contributed by atoms with van der Waals surface area (Å²) in [5, 5.41) is 9.25. The van der Waals surface area contributed by atoms with Gasteiger partial charge in [0.05, 0.1) is 6.61 Å². The molecule has 0 unspecified atom stereocenters. The summed E-state index contributed by atoms with van der Waals surface area (Å²) in [7, 11) is 0. The standard InChI is InChI=1S/C13H14BrN3O/c1-2-3-12-10(8-18)6-16-13(17-12)9-4-11(14)7-15-5-9/h4-7,18H,2-3,8H2,1H3. The maximum absolute atomic E-state index is 9.25. The van der Waals surface area contributed by atoms with Gasteiger partial charge < -0.3 is 5.11 Å². The lowest BCUT2D eigenvalue weighted by molar-refractivity contribution is 0.279. The fourth-order valence-corrected chi connectivity index (χ4v) is 2.07. The molecule has 0 bridgehead atoms. The largest absolute Gasteiger partial charge is 0.392 e. The second-order valence-corrected chi connectivity index (χ2v) is 4.88. The molecule has 1 N–H and O–H groups in total. The van der Waals surface area contributed by atoms with E-state index in [2.05, 4.69) is 37.8 Å². The zero-order valence-corrected chi connectivity index (χ0v) is 11.7. The molecule has 0 amide bonds. The SMILES string of the molecule is CCCc1nc(-c2cncc(Br)c2)ncc1CO. The molecular weight excluding hydrogens is 294 g/mol. The number of aliphatic hydroxyl groups is 1. The highest BCUT2D eigenvalue weighted by atomic mass is 79.9. The fourth-order valence-electron chi connectivity index (χ4n) is 1.70. The molecule has 2 heterocycles. The third kappa shape index (κ3) is 2.91. The summed E-state index contributed by atoms with van der Waals surface area (Å²) in [6, 6.07) is 1.93. The molecule has 0 aliphatic heterocycles. The Morgan fingerprint density at radius 3 is 2.78 bits per heavy atom. The van der Waals surface area contributed by atoms with Crippen molar-refractivity contribution >= 4 is 15.9 Å². The first kappa shape index (κ1) is 13.1. The van der Waals surface area contributed by atoms with Gasteiger partial charge in [0, 0.05) is 39.9 Å². The Labute approximate surface area is 114 Å². The number of halogens is 1. The molecule has 94 valence electrons. The Kier molecular flexibility index (Phi) is 4.38. The lowest BCUT2D eigenvalue weighted by Gasteiger charge is -2.07. The number of aliphatic hydroxyl groups excluding tert-OH is 1. The Morgan fingerprint density at radius 2 is 2.11 bits per heavy atom. The number of aromatic nitrogens is 3. The van der Waals surface area contributed by atoms with Crippen LogP contribution < -0.4 is 0 Å². The topological polar surface area (TPSA) is 58.9 Å². The molecular formula is C13H14BrN3O. The van der Waals surface area contributed by atoms with Gasteiger partial charge in [-0.1, -0.05) is 13.3 Å². The summed E-state index contributed by atoms with van der Waals surface area (Å²) >= 11 is 3.38. The van der Waals surface area contributed by atoms with Crippen molar-refractivity contribution in [3.63, 3.8) is 0 Å². The molecule has 5 heteroatoms. The van der Waals surface area contributed by atoms with Crippen molar-refractivity contribution in [3.05, 3.63) is 40.4 Å². The van der Waals surface area contributed by atoms with Crippen molar-refractivity contribution in [2.45, 2.75) is 26.4 Å². The number of nitrogens with zero attached hydrogens (tertiary/aromatic N) is 3. The van der Waals surface area contributed by atoms with Crippen LogP contribution in [0.25, 0.3) is 11.4 Å². The van der Waals surface area contributed by atoms with Crippen LogP contribution in [0.3, 0.4) is 0 Å². The van der Waals surface area contributed by atoms with Crippen LogP contribution in [0.1, 0.15) is 24.6 Å². The maximum atomic E-state index is 9.25. The summed E-state index contributed by atoms with van der Waals surface area (Å²) in [5.74, 6) is 0.643. The second kappa shape index (κ2) is 6.02. The first-order valence-electron chi connectivity index (χ1n) is 5.81. The van der Waals surface area contributed by atoms with Gasteiger partial charge in [0.1, 0.15) is 0 Å². The molecule has 2 rings (SSSR count). The van der Waals surface area contributed by atoms with Crippen LogP contribution in [0, 0.1) is 0 Å². The van der Waals surface area contributed by atoms with Crippen LogP contribution in [0.4, 0.5) is 0 Å². The summed E-state index contributed by atoms with van der Waals surface area (Å²) < 4.78 is 0.895. The first-order valence-corrected chi connectivity index (χ1v) is 6.60. The van der Waals surface area contributed by atoms with E-state index in [-0.39, 0.29) is 6.61 Å². The third-order valence-electron chi connectivity index (χ3n) is 2.57. The Balaban J connectivity index is 2.43. The van der Waals surface area contributed by atoms with Gasteiger partial charge in [-0.25, -0.2) is 9.97 Å². The maximum Gasteiger partial charge on any atom is 0.160 e. The van der Waals surface area contributed by atoms with Gasteiger partial charge >= 0.3 is 0 Å². The molecule has 0 saturated carbocycles. The second-order valence-electron chi connectivity index (χ2n) is 3.97. The number of aryl methyl sites for hydroxylation is 1. The van der Waals surface area contributed by atoms with Gasteiger partial charge in [-0.15, -0.1) is 0 Å². The van der Waals surface area contributed by atoms with Crippen LogP contribution in [-0.2, 0) is 13.0 Å². The van der Waals surface area contributed by atoms with Gasteiger partial charge in [0.25, 0.3) is 0 Å². The van der Waals surface area contributed by atoms with E-state index >= 15 is 0 Å². The molecule has 2 aromatic heterocycles. The molecule has 0 atom stereocenters. The van der Waals surface area contributed by atoms with Gasteiger partial charge in [-0.3, -0.25) is 4.98 Å². The predicted octanol–water partition coefficient (Wildman–Crippen LogP) is 2.75. The zero-order valence-electron chi connectivity index (χ0n) is 10.1. The highest BCUT2D eigenvalue weighted by Gasteiger charge is 2.08. The zero-order chi connectivity index (χ0) is 13.0. The average molecular weight is 308 g/mol. The van der Waals surface area contributed by atoms with Gasteiger partial charge in [0.2, 0.25) is 0 Å². The van der Waals surface area contributed by atoms with E-state index in [1.54, 1.807) is 18.6 Å². The third-order valence-corrected chi connectivity index (χ3v) is 3.01. The molecule has 2 aromatic rings. The van der Waals surface area contributed by atoms with E-state index in [1.807, 2.05) is 6.07 Å². The fraction of sp³-hybridized carbons (Fsp3) is 0.308. The van der Waals surface area contributed by atoms with Crippen LogP contribution in [0.2, 0.25) is 0 Å². The van der Waals surface area contributed by atoms with Crippen LogP contribution in [-0.4, -0.2) is 20.1 Å². The van der Waals surface area contributed by atoms with Gasteiger partial charge in [-0.05, 0) is 28.4 Å². The average Bonchev–Trinajstić information content (AvgIpc) is 2.39. The van der Waals surface area contributed by atoms with E-state index in [0.29, 0.717) is 5.82 Å². The highest BCUT2D eigenvalue weighted by Crippen LogP contribution is 2.20. The first-order chi connectivity index (χ1) is 8.74. The minimum absolute atomic E-state index is 0.0215. The van der Waals surface area contributed by atoms with E-state index in [4.69, 9.17) is 0 Å². The normalized spacial score (nSPS) is 10.6. The van der Waals surface area contributed by atoms with E-state index in [9.17, 15) is 5.11 Å². The van der Waals surface area contributed by atoms with Crippen molar-refractivity contribution in [1.82, 2.24) is 15.0 Å². The smallest absolute Gasteiger partial charge is 0.160 e. The van der Waals surface area contributed by atoms with Crippen molar-refractivity contribution in [3.8, 4) is 11.4 Å². The van der Waals surface area contributed by atoms with Crippen LogP contribution >= 0.6 is 15.9 Å². The van der Waals surface area contributed by atoms with Crippen molar-refractivity contribution in [2.75, 3.05) is 0 Å². The van der Waals surface area contributed by atoms with E-state index in [1.165, 1.54) is 0 Å². The van der Waals surface area contributed by atoms with E-state index < -0.39 is 0 Å². The molecule has 0 aromatic carbocycles. The summed E-state index contributed by atoms with van der Waals surface area (Å²) in [6.07, 6.45) is 6.97. The molecule has 0 fully saturated rings. The van der Waals surface area contributed by atoms with Crippen molar-refractivity contribution < 1.29 is 5.11 Å². The number of hydrogen-bond donors (Lipinski definition) is 1. The minimum Gasteiger partial charge on any atom is -0.392 e. The number of rotatable bonds is 4. The van der Waals surface area contributed by atoms with E-state index in [0.717, 1.165) is 34.1 Å². The number of hydrogen-bond acceptors (Lipinski definition) is 4. The Morgan fingerprint density at radius 1 is 1.28 bits per heavy atom. The van der Waals surface area contributed by atoms with Gasteiger partial charge in [0.15, 0.2) is 5.82 Å². The molecule has 0 spiro atoms. The summed E-state index contributed by atoms with van der Waals surface area (Å²) in [6.45, 7) is 2.07. The predicted molar refractivity (Wildman–Crippen MR) is 72.9 cm³/mol. The number of pyridine rings is 1. The highest BCUT2D eigenvalue weighted by molar-refractivity contribution is 9.10. The van der Waals surface area contributed by atoms with Crippen LogP contribution in [0.5, 0.6) is 0 Å². The monoisotopic (exact) mass is 307 g/mol. The molecule has 0 aliphatic rings. The minimum atomic E-state index is -0.0215. The molecule has 4 nitrogen and oxygen atoms in total. The van der Waals surface area contributed by atoms with Crippen molar-refractivity contribution in [1.29, 1.82) is 0 Å². The van der Waals surface area contributed by atoms with Crippen molar-refractivity contribution in [2.24, 2.45) is 0 Å². The molecule has 18 heavy (non-hydrogen) atoms. The summed E-state index contributed by atoms with van der Waals surface area (Å²) in [4.78, 5) is 12.9. The molecule has 0 saturated heterocycles. The quantitative estimate of drug-likeness (QED) is 0.943.